The highest BCUT2D eigenvalue weighted by Crippen LogP contribution is 2.27. The molecule has 1 heterocycles. The lowest BCUT2D eigenvalue weighted by Gasteiger charge is -2.11. The van der Waals surface area contributed by atoms with Crippen LogP contribution in [0.5, 0.6) is 0 Å². The summed E-state index contributed by atoms with van der Waals surface area (Å²) in [5, 5.41) is 2.11. The van der Waals surface area contributed by atoms with Gasteiger partial charge in [0.05, 0.1) is 0 Å². The highest BCUT2D eigenvalue weighted by atomic mass is 79.9. The van der Waals surface area contributed by atoms with E-state index in [9.17, 15) is 0 Å². The van der Waals surface area contributed by atoms with Crippen LogP contribution < -0.4 is 5.73 Å². The molecule has 2 aromatic rings. The minimum Gasteiger partial charge on any atom is -0.323 e. The maximum atomic E-state index is 6.19. The number of halogens is 1. The third-order valence-corrected chi connectivity index (χ3v) is 5.06. The minimum atomic E-state index is 0.120. The topological polar surface area (TPSA) is 26.0 Å². The monoisotopic (exact) mass is 327 g/mol. The number of nitrogens with two attached hydrogens (primary N) is 1. The second-order valence-corrected chi connectivity index (χ2v) is 6.93. The van der Waals surface area contributed by atoms with Gasteiger partial charge < -0.3 is 5.73 Å². The van der Waals surface area contributed by atoms with Crippen molar-refractivity contribution in [3.8, 4) is 0 Å². The average molecular weight is 328 g/mol. The van der Waals surface area contributed by atoms with Gasteiger partial charge in [-0.15, -0.1) is 23.1 Å². The standard InChI is InChI=1S/C13H14BrNS2/c1-9-12(6-7-16-9)13(15)8-17-11-4-2-10(14)3-5-11/h2-7,13H,8,15H2,1H3. The summed E-state index contributed by atoms with van der Waals surface area (Å²) in [7, 11) is 0. The molecule has 2 N–H and O–H groups in total. The highest BCUT2D eigenvalue weighted by Gasteiger charge is 2.10. The first-order chi connectivity index (χ1) is 8.16. The SMILES string of the molecule is Cc1sccc1C(N)CSc1ccc(Br)cc1. The van der Waals surface area contributed by atoms with Gasteiger partial charge >= 0.3 is 0 Å². The van der Waals surface area contributed by atoms with Crippen LogP contribution >= 0.6 is 39.0 Å². The van der Waals surface area contributed by atoms with Crippen molar-refractivity contribution in [3.05, 3.63) is 50.6 Å². The van der Waals surface area contributed by atoms with Crippen LogP contribution in [0.1, 0.15) is 16.5 Å². The van der Waals surface area contributed by atoms with Gasteiger partial charge in [-0.2, -0.15) is 0 Å². The van der Waals surface area contributed by atoms with Crippen LogP contribution in [0.4, 0.5) is 0 Å². The first kappa shape index (κ1) is 13.1. The molecule has 0 aliphatic heterocycles. The summed E-state index contributed by atoms with van der Waals surface area (Å²) in [6, 6.07) is 10.6. The number of thiophene rings is 1. The van der Waals surface area contributed by atoms with E-state index >= 15 is 0 Å². The molecule has 1 atom stereocenters. The molecular formula is C13H14BrNS2. The summed E-state index contributed by atoms with van der Waals surface area (Å²) >= 11 is 7.00. The van der Waals surface area contributed by atoms with Crippen molar-refractivity contribution in [2.45, 2.75) is 17.9 Å². The number of thioether (sulfide) groups is 1. The van der Waals surface area contributed by atoms with Crippen LogP contribution in [-0.4, -0.2) is 5.75 Å². The third kappa shape index (κ3) is 3.58. The number of rotatable bonds is 4. The molecule has 2 rings (SSSR count). The summed E-state index contributed by atoms with van der Waals surface area (Å²) < 4.78 is 1.11. The van der Waals surface area contributed by atoms with Crippen molar-refractivity contribution in [3.63, 3.8) is 0 Å². The molecule has 0 saturated heterocycles. The van der Waals surface area contributed by atoms with Crippen LogP contribution in [-0.2, 0) is 0 Å². The van der Waals surface area contributed by atoms with Gasteiger partial charge in [0.25, 0.3) is 0 Å². The van der Waals surface area contributed by atoms with Crippen LogP contribution in [0.15, 0.2) is 45.1 Å². The van der Waals surface area contributed by atoms with Crippen LogP contribution in [0, 0.1) is 6.92 Å². The predicted octanol–water partition coefficient (Wildman–Crippen LogP) is 4.61. The van der Waals surface area contributed by atoms with E-state index in [2.05, 4.69) is 58.6 Å². The molecule has 1 aromatic carbocycles. The molecule has 1 unspecified atom stereocenters. The minimum absolute atomic E-state index is 0.120. The second-order valence-electron chi connectivity index (χ2n) is 3.80. The van der Waals surface area contributed by atoms with Gasteiger partial charge in [0.1, 0.15) is 0 Å². The van der Waals surface area contributed by atoms with E-state index in [0.717, 1.165) is 10.2 Å². The molecule has 0 radical (unpaired) electrons. The zero-order valence-corrected chi connectivity index (χ0v) is 12.7. The zero-order chi connectivity index (χ0) is 12.3. The second kappa shape index (κ2) is 6.05. The lowest BCUT2D eigenvalue weighted by Crippen LogP contribution is -2.12. The Balaban J connectivity index is 1.94. The van der Waals surface area contributed by atoms with Gasteiger partial charge in [0, 0.05) is 26.0 Å². The molecule has 0 bridgehead atoms. The van der Waals surface area contributed by atoms with Crippen LogP contribution in [0.25, 0.3) is 0 Å². The van der Waals surface area contributed by atoms with E-state index < -0.39 is 0 Å². The maximum Gasteiger partial charge on any atom is 0.0401 e. The van der Waals surface area contributed by atoms with Gasteiger partial charge in [-0.05, 0) is 48.2 Å². The molecule has 4 heteroatoms. The fourth-order valence-electron chi connectivity index (χ4n) is 1.59. The van der Waals surface area contributed by atoms with Crippen LogP contribution in [0.3, 0.4) is 0 Å². The van der Waals surface area contributed by atoms with Crippen molar-refractivity contribution in [2.24, 2.45) is 5.73 Å². The van der Waals surface area contributed by atoms with Crippen molar-refractivity contribution in [1.29, 1.82) is 0 Å². The Labute approximate surface area is 119 Å². The van der Waals surface area contributed by atoms with E-state index in [1.54, 1.807) is 23.1 Å². The number of aryl methyl sites for hydroxylation is 1. The summed E-state index contributed by atoms with van der Waals surface area (Å²) in [4.78, 5) is 2.59. The maximum absolute atomic E-state index is 6.19. The number of benzene rings is 1. The smallest absolute Gasteiger partial charge is 0.0401 e. The summed E-state index contributed by atoms with van der Waals surface area (Å²) in [6.07, 6.45) is 0. The van der Waals surface area contributed by atoms with Gasteiger partial charge in [0.2, 0.25) is 0 Å². The zero-order valence-electron chi connectivity index (χ0n) is 9.52. The molecule has 0 aliphatic carbocycles. The Morgan fingerprint density at radius 2 is 2.00 bits per heavy atom. The first-order valence-electron chi connectivity index (χ1n) is 5.35. The number of hydrogen-bond acceptors (Lipinski definition) is 3. The summed E-state index contributed by atoms with van der Waals surface area (Å²) in [5.74, 6) is 0.916. The van der Waals surface area contributed by atoms with Gasteiger partial charge in [-0.1, -0.05) is 15.9 Å². The summed E-state index contributed by atoms with van der Waals surface area (Å²) in [5.41, 5.74) is 7.47. The summed E-state index contributed by atoms with van der Waals surface area (Å²) in [6.45, 7) is 2.13. The Morgan fingerprint density at radius 3 is 2.59 bits per heavy atom. The lowest BCUT2D eigenvalue weighted by molar-refractivity contribution is 0.829. The molecule has 0 fully saturated rings. The largest absolute Gasteiger partial charge is 0.323 e. The molecule has 0 saturated carbocycles. The molecule has 17 heavy (non-hydrogen) atoms. The molecule has 90 valence electrons. The Hall–Kier alpha value is -0.290. The van der Waals surface area contributed by atoms with E-state index in [-0.39, 0.29) is 6.04 Å². The van der Waals surface area contributed by atoms with Gasteiger partial charge in [-0.3, -0.25) is 0 Å². The van der Waals surface area contributed by atoms with Gasteiger partial charge in [-0.25, -0.2) is 0 Å². The Kier molecular flexibility index (Phi) is 4.68. The van der Waals surface area contributed by atoms with E-state index in [0.29, 0.717) is 0 Å². The third-order valence-electron chi connectivity index (χ3n) is 2.54. The lowest BCUT2D eigenvalue weighted by atomic mass is 10.1. The van der Waals surface area contributed by atoms with Crippen LogP contribution in [0.2, 0.25) is 0 Å². The highest BCUT2D eigenvalue weighted by molar-refractivity contribution is 9.10. The van der Waals surface area contributed by atoms with Gasteiger partial charge in [0.15, 0.2) is 0 Å². The Morgan fingerprint density at radius 1 is 1.29 bits per heavy atom. The molecule has 0 aliphatic rings. The predicted molar refractivity (Wildman–Crippen MR) is 80.9 cm³/mol. The fourth-order valence-corrected chi connectivity index (χ4v) is 3.50. The molecule has 1 nitrogen and oxygen atoms in total. The van der Waals surface area contributed by atoms with Crippen molar-refractivity contribution < 1.29 is 0 Å². The Bertz CT molecular complexity index is 478. The molecule has 0 spiro atoms. The molecular weight excluding hydrogens is 314 g/mol. The van der Waals surface area contributed by atoms with E-state index in [4.69, 9.17) is 5.73 Å². The normalized spacial score (nSPS) is 12.6. The fraction of sp³-hybridized carbons (Fsp3) is 0.231. The first-order valence-corrected chi connectivity index (χ1v) is 8.00. The van der Waals surface area contributed by atoms with Crippen molar-refractivity contribution in [1.82, 2.24) is 0 Å². The quantitative estimate of drug-likeness (QED) is 0.830. The van der Waals surface area contributed by atoms with Crippen molar-refractivity contribution in [2.75, 3.05) is 5.75 Å². The van der Waals surface area contributed by atoms with E-state index in [1.165, 1.54) is 15.3 Å². The molecule has 1 aromatic heterocycles. The van der Waals surface area contributed by atoms with E-state index in [1.807, 2.05) is 0 Å². The number of hydrogen-bond donors (Lipinski definition) is 1. The molecule has 0 amide bonds. The average Bonchev–Trinajstić information content (AvgIpc) is 2.74. The van der Waals surface area contributed by atoms with Crippen molar-refractivity contribution >= 4 is 39.0 Å².